The summed E-state index contributed by atoms with van der Waals surface area (Å²) in [5, 5.41) is 3.18. The Balaban J connectivity index is 1.50. The summed E-state index contributed by atoms with van der Waals surface area (Å²) < 4.78 is 13.1. The molecule has 2 aliphatic rings. The average Bonchev–Trinajstić information content (AvgIpc) is 2.99. The van der Waals surface area contributed by atoms with Crippen LogP contribution in [0.1, 0.15) is 41.1 Å². The third kappa shape index (κ3) is 2.96. The molecule has 1 aromatic carbocycles. The van der Waals surface area contributed by atoms with Gasteiger partial charge in [0, 0.05) is 43.4 Å². The number of pyridine rings is 1. The number of carbonyl (C=O) groups excluding carboxylic acids is 2. The second-order valence-corrected chi connectivity index (χ2v) is 7.04. The van der Waals surface area contributed by atoms with E-state index in [1.54, 1.807) is 17.3 Å². The molecule has 2 amide bonds. The molecule has 2 saturated heterocycles. The van der Waals surface area contributed by atoms with E-state index in [0.29, 0.717) is 37.9 Å². The first-order valence-corrected chi connectivity index (χ1v) is 8.83. The van der Waals surface area contributed by atoms with E-state index in [1.807, 2.05) is 12.1 Å². The molecule has 0 saturated carbocycles. The van der Waals surface area contributed by atoms with Crippen LogP contribution < -0.4 is 5.32 Å². The van der Waals surface area contributed by atoms with Crippen LogP contribution in [0.25, 0.3) is 0 Å². The molecule has 3 heterocycles. The number of carbonyl (C=O) groups is 2. The molecule has 134 valence electrons. The van der Waals surface area contributed by atoms with Gasteiger partial charge in [-0.3, -0.25) is 14.6 Å². The van der Waals surface area contributed by atoms with Crippen molar-refractivity contribution in [2.45, 2.75) is 30.7 Å². The quantitative estimate of drug-likeness (QED) is 0.902. The summed E-state index contributed by atoms with van der Waals surface area (Å²) in [6.45, 7) is 1.14. The number of rotatable bonds is 2. The van der Waals surface area contributed by atoms with Crippen LogP contribution in [0.15, 0.2) is 48.8 Å². The molecule has 0 aliphatic carbocycles. The summed E-state index contributed by atoms with van der Waals surface area (Å²) in [7, 11) is 0. The van der Waals surface area contributed by atoms with E-state index >= 15 is 0 Å². The first-order valence-electron chi connectivity index (χ1n) is 8.83. The fourth-order valence-corrected chi connectivity index (χ4v) is 4.19. The maximum Gasteiger partial charge on any atom is 0.253 e. The van der Waals surface area contributed by atoms with Crippen molar-refractivity contribution in [3.05, 3.63) is 65.7 Å². The summed E-state index contributed by atoms with van der Waals surface area (Å²) in [5.41, 5.74) is 1.29. The monoisotopic (exact) mass is 353 g/mol. The first kappa shape index (κ1) is 16.7. The molecular weight excluding hydrogens is 333 g/mol. The molecule has 0 unspecified atom stereocenters. The summed E-state index contributed by atoms with van der Waals surface area (Å²) in [6, 6.07) is 9.55. The van der Waals surface area contributed by atoms with Crippen molar-refractivity contribution in [3.8, 4) is 0 Å². The van der Waals surface area contributed by atoms with E-state index in [9.17, 15) is 14.0 Å². The zero-order valence-corrected chi connectivity index (χ0v) is 14.3. The van der Waals surface area contributed by atoms with Crippen LogP contribution in [0, 0.1) is 5.82 Å². The van der Waals surface area contributed by atoms with Crippen molar-refractivity contribution in [2.75, 3.05) is 13.1 Å². The van der Waals surface area contributed by atoms with Crippen molar-refractivity contribution in [2.24, 2.45) is 0 Å². The number of likely N-dealkylation sites (tertiary alicyclic amines) is 1. The molecule has 0 bridgehead atoms. The van der Waals surface area contributed by atoms with Gasteiger partial charge in [0.25, 0.3) is 5.91 Å². The SMILES string of the molecule is O=C1C[C@H](c2ccncc2)C2(CCN(C(=O)c3ccc(F)cc3)CC2)N1. The fraction of sp³-hybridized carbons (Fsp3) is 0.350. The second kappa shape index (κ2) is 6.52. The Kier molecular flexibility index (Phi) is 4.18. The molecule has 6 heteroatoms. The first-order chi connectivity index (χ1) is 12.6. The number of nitrogens with one attached hydrogen (secondary N) is 1. The van der Waals surface area contributed by atoms with Gasteiger partial charge in [-0.15, -0.1) is 0 Å². The third-order valence-corrected chi connectivity index (χ3v) is 5.59. The molecule has 1 aromatic heterocycles. The minimum Gasteiger partial charge on any atom is -0.350 e. The second-order valence-electron chi connectivity index (χ2n) is 7.04. The Morgan fingerprint density at radius 1 is 1.12 bits per heavy atom. The van der Waals surface area contributed by atoms with E-state index in [0.717, 1.165) is 5.56 Å². The lowest BCUT2D eigenvalue weighted by atomic mass is 9.74. The van der Waals surface area contributed by atoms with E-state index in [2.05, 4.69) is 10.3 Å². The number of hydrogen-bond acceptors (Lipinski definition) is 3. The van der Waals surface area contributed by atoms with Gasteiger partial charge in [-0.05, 0) is 54.8 Å². The molecule has 2 aliphatic heterocycles. The summed E-state index contributed by atoms with van der Waals surface area (Å²) in [5.74, 6) is -0.288. The Morgan fingerprint density at radius 2 is 1.77 bits per heavy atom. The minimum atomic E-state index is -0.354. The van der Waals surface area contributed by atoms with Crippen LogP contribution in [-0.4, -0.2) is 40.3 Å². The van der Waals surface area contributed by atoms with Crippen molar-refractivity contribution in [1.29, 1.82) is 0 Å². The highest BCUT2D eigenvalue weighted by Crippen LogP contribution is 2.43. The van der Waals surface area contributed by atoms with Crippen LogP contribution >= 0.6 is 0 Å². The molecule has 4 rings (SSSR count). The van der Waals surface area contributed by atoms with Crippen LogP contribution in [-0.2, 0) is 4.79 Å². The highest BCUT2D eigenvalue weighted by molar-refractivity contribution is 5.94. The van der Waals surface area contributed by atoms with Crippen molar-refractivity contribution < 1.29 is 14.0 Å². The topological polar surface area (TPSA) is 62.3 Å². The summed E-state index contributed by atoms with van der Waals surface area (Å²) in [6.07, 6.45) is 5.38. The Morgan fingerprint density at radius 3 is 2.42 bits per heavy atom. The number of piperidine rings is 1. The molecule has 26 heavy (non-hydrogen) atoms. The maximum atomic E-state index is 13.1. The maximum absolute atomic E-state index is 13.1. The summed E-state index contributed by atoms with van der Waals surface area (Å²) >= 11 is 0. The molecule has 5 nitrogen and oxygen atoms in total. The number of halogens is 1. The van der Waals surface area contributed by atoms with Crippen LogP contribution in [0.3, 0.4) is 0 Å². The molecule has 1 atom stereocenters. The number of aromatic nitrogens is 1. The van der Waals surface area contributed by atoms with Gasteiger partial charge in [0.1, 0.15) is 5.82 Å². The van der Waals surface area contributed by atoms with E-state index in [1.165, 1.54) is 24.3 Å². The standard InChI is InChI=1S/C20H20FN3O2/c21-16-3-1-15(2-4-16)19(26)24-11-7-20(8-12-24)17(13-18(25)23-20)14-5-9-22-10-6-14/h1-6,9-10,17H,7-8,11-13H2,(H,23,25)/t17-/m1/s1. The van der Waals surface area contributed by atoms with Gasteiger partial charge in [-0.1, -0.05) is 0 Å². The van der Waals surface area contributed by atoms with E-state index in [4.69, 9.17) is 0 Å². The van der Waals surface area contributed by atoms with Crippen LogP contribution in [0.4, 0.5) is 4.39 Å². The van der Waals surface area contributed by atoms with Gasteiger partial charge < -0.3 is 10.2 Å². The molecule has 1 N–H and O–H groups in total. The lowest BCUT2D eigenvalue weighted by Gasteiger charge is -2.43. The Hall–Kier alpha value is -2.76. The zero-order chi connectivity index (χ0) is 18.1. The lowest BCUT2D eigenvalue weighted by molar-refractivity contribution is -0.120. The number of benzene rings is 1. The Labute approximate surface area is 151 Å². The predicted octanol–water partition coefficient (Wildman–Crippen LogP) is 2.50. The van der Waals surface area contributed by atoms with Crippen molar-refractivity contribution in [1.82, 2.24) is 15.2 Å². The third-order valence-electron chi connectivity index (χ3n) is 5.59. The molecule has 2 fully saturated rings. The van der Waals surface area contributed by atoms with Crippen molar-refractivity contribution >= 4 is 11.8 Å². The van der Waals surface area contributed by atoms with Crippen LogP contribution in [0.5, 0.6) is 0 Å². The average molecular weight is 353 g/mol. The van der Waals surface area contributed by atoms with E-state index in [-0.39, 0.29) is 29.1 Å². The van der Waals surface area contributed by atoms with Gasteiger partial charge >= 0.3 is 0 Å². The van der Waals surface area contributed by atoms with Gasteiger partial charge in [-0.25, -0.2) is 4.39 Å². The van der Waals surface area contributed by atoms with Gasteiger partial charge in [0.15, 0.2) is 0 Å². The van der Waals surface area contributed by atoms with Crippen molar-refractivity contribution in [3.63, 3.8) is 0 Å². The summed E-state index contributed by atoms with van der Waals surface area (Å²) in [4.78, 5) is 30.6. The number of hydrogen-bond donors (Lipinski definition) is 1. The van der Waals surface area contributed by atoms with Gasteiger partial charge in [0.2, 0.25) is 5.91 Å². The predicted molar refractivity (Wildman–Crippen MR) is 94.0 cm³/mol. The van der Waals surface area contributed by atoms with Gasteiger partial charge in [-0.2, -0.15) is 0 Å². The molecule has 2 aromatic rings. The highest BCUT2D eigenvalue weighted by atomic mass is 19.1. The molecule has 1 spiro atoms. The molecule has 0 radical (unpaired) electrons. The zero-order valence-electron chi connectivity index (χ0n) is 14.3. The fourth-order valence-electron chi connectivity index (χ4n) is 4.19. The highest BCUT2D eigenvalue weighted by Gasteiger charge is 2.49. The van der Waals surface area contributed by atoms with Crippen LogP contribution in [0.2, 0.25) is 0 Å². The minimum absolute atomic E-state index is 0.0603. The lowest BCUT2D eigenvalue weighted by Crippen LogP contribution is -2.54. The van der Waals surface area contributed by atoms with Gasteiger partial charge in [0.05, 0.1) is 5.54 Å². The number of nitrogens with zero attached hydrogens (tertiary/aromatic N) is 2. The normalized spacial score (nSPS) is 21.7. The van der Waals surface area contributed by atoms with E-state index < -0.39 is 0 Å². The smallest absolute Gasteiger partial charge is 0.253 e. The molecular formula is C20H20FN3O2. The Bertz CT molecular complexity index is 815. The largest absolute Gasteiger partial charge is 0.350 e. The number of amides is 2.